The number of hydrogen-bond acceptors (Lipinski definition) is 4. The zero-order valence-corrected chi connectivity index (χ0v) is 10.8. The molecule has 0 N–H and O–H groups in total. The molecule has 0 saturated heterocycles. The molecular formula is C13H17N3S. The Morgan fingerprint density at radius 2 is 2.00 bits per heavy atom. The van der Waals surface area contributed by atoms with E-state index in [0.717, 1.165) is 19.6 Å². The van der Waals surface area contributed by atoms with Crippen molar-refractivity contribution in [2.45, 2.75) is 13.5 Å². The lowest BCUT2D eigenvalue weighted by Crippen LogP contribution is -2.34. The Kier molecular flexibility index (Phi) is 6.23. The van der Waals surface area contributed by atoms with Crippen LogP contribution in [0.25, 0.3) is 0 Å². The maximum atomic E-state index is 7.18. The molecule has 0 amide bonds. The molecule has 0 fully saturated rings. The van der Waals surface area contributed by atoms with Crippen molar-refractivity contribution in [2.24, 2.45) is 0 Å². The number of thiocyanates is 1. The Morgan fingerprint density at radius 3 is 2.59 bits per heavy atom. The second-order valence-corrected chi connectivity index (χ2v) is 3.77. The lowest BCUT2D eigenvalue weighted by molar-refractivity contribution is 0.0488. The first kappa shape index (κ1) is 13.6. The molecule has 1 heterocycles. The van der Waals surface area contributed by atoms with Gasteiger partial charge in [-0.25, -0.2) is 5.01 Å². The van der Waals surface area contributed by atoms with Gasteiger partial charge >= 0.3 is 0 Å². The van der Waals surface area contributed by atoms with Crippen molar-refractivity contribution >= 4 is 12.6 Å². The van der Waals surface area contributed by atoms with E-state index in [1.807, 2.05) is 0 Å². The summed E-state index contributed by atoms with van der Waals surface area (Å²) in [6, 6.07) is 10.6. The zero-order chi connectivity index (χ0) is 12.5. The van der Waals surface area contributed by atoms with Gasteiger partial charge in [-0.1, -0.05) is 49.0 Å². The second kappa shape index (κ2) is 7.77. The fourth-order valence-corrected chi connectivity index (χ4v) is 1.74. The average molecular weight is 247 g/mol. The maximum Gasteiger partial charge on any atom is 0.130 e. The second-order valence-electron chi connectivity index (χ2n) is 3.57. The van der Waals surface area contributed by atoms with E-state index in [9.17, 15) is 0 Å². The molecule has 0 bridgehead atoms. The third kappa shape index (κ3) is 4.51. The third-order valence-electron chi connectivity index (χ3n) is 2.49. The molecule has 90 valence electrons. The van der Waals surface area contributed by atoms with Crippen LogP contribution in [0, 0.1) is 10.7 Å². The topological polar surface area (TPSA) is 30.3 Å². The highest BCUT2D eigenvalue weighted by Gasteiger charge is 2.13. The molecule has 4 heteroatoms. The van der Waals surface area contributed by atoms with Gasteiger partial charge in [-0.15, -0.1) is 0 Å². The molecule has 0 radical (unpaired) electrons. The Balaban J connectivity index is 0.000000437. The van der Waals surface area contributed by atoms with Crippen LogP contribution < -0.4 is 0 Å². The minimum absolute atomic E-state index is 1.00. The van der Waals surface area contributed by atoms with Gasteiger partial charge in [0.2, 0.25) is 0 Å². The van der Waals surface area contributed by atoms with E-state index >= 15 is 0 Å². The molecule has 1 aliphatic heterocycles. The summed E-state index contributed by atoms with van der Waals surface area (Å²) >= 11 is 3.09. The molecular weight excluding hydrogens is 230 g/mol. The smallest absolute Gasteiger partial charge is 0.130 e. The van der Waals surface area contributed by atoms with E-state index in [2.05, 4.69) is 72.2 Å². The van der Waals surface area contributed by atoms with Crippen molar-refractivity contribution in [1.29, 1.82) is 5.26 Å². The van der Waals surface area contributed by atoms with Crippen LogP contribution in [0.5, 0.6) is 0 Å². The van der Waals surface area contributed by atoms with Crippen LogP contribution in [0.15, 0.2) is 42.6 Å². The van der Waals surface area contributed by atoms with Gasteiger partial charge in [0.1, 0.15) is 5.40 Å². The fourth-order valence-electron chi connectivity index (χ4n) is 1.74. The first-order valence-corrected chi connectivity index (χ1v) is 6.01. The lowest BCUT2D eigenvalue weighted by atomic mass is 10.2. The van der Waals surface area contributed by atoms with Gasteiger partial charge in [0.25, 0.3) is 0 Å². The lowest BCUT2D eigenvalue weighted by Gasteiger charge is -2.27. The number of hydrogen-bond donors (Lipinski definition) is 1. The molecule has 1 aliphatic rings. The third-order valence-corrected chi connectivity index (χ3v) is 2.49. The average Bonchev–Trinajstić information content (AvgIpc) is 2.79. The van der Waals surface area contributed by atoms with Gasteiger partial charge < -0.3 is 5.01 Å². The summed E-state index contributed by atoms with van der Waals surface area (Å²) in [7, 11) is 0. The summed E-state index contributed by atoms with van der Waals surface area (Å²) in [5.41, 5.74) is 1.37. The molecule has 3 nitrogen and oxygen atoms in total. The first-order valence-electron chi connectivity index (χ1n) is 5.57. The van der Waals surface area contributed by atoms with Gasteiger partial charge in [-0.05, 0) is 12.5 Å². The number of benzene rings is 1. The summed E-state index contributed by atoms with van der Waals surface area (Å²) in [5.74, 6) is 0. The number of nitrogens with zero attached hydrogens (tertiary/aromatic N) is 3. The molecule has 0 spiro atoms. The number of rotatable bonds is 3. The molecule has 1 aromatic rings. The fraction of sp³-hybridized carbons (Fsp3) is 0.308. The van der Waals surface area contributed by atoms with Crippen molar-refractivity contribution in [3.8, 4) is 5.40 Å². The predicted octanol–water partition coefficient (Wildman–Crippen LogP) is 2.65. The standard InChI is InChI=1S/C12H16N2.CHNS/c1-2-13-9-6-10-14(13)11-12-7-4-3-5-8-12;2-1-3/h3-9H,2,10-11H2,1H3;3H. The van der Waals surface area contributed by atoms with Gasteiger partial charge in [0.15, 0.2) is 0 Å². The summed E-state index contributed by atoms with van der Waals surface area (Å²) in [6.45, 7) is 5.25. The molecule has 0 unspecified atom stereocenters. The first-order chi connectivity index (χ1) is 8.31. The van der Waals surface area contributed by atoms with Crippen molar-refractivity contribution in [1.82, 2.24) is 10.0 Å². The SMILES string of the molecule is CCN1C=CCN1Cc1ccccc1.N#CS. The van der Waals surface area contributed by atoms with E-state index in [1.165, 1.54) is 11.0 Å². The van der Waals surface area contributed by atoms with Crippen LogP contribution in [0.2, 0.25) is 0 Å². The van der Waals surface area contributed by atoms with Gasteiger partial charge in [0, 0.05) is 25.8 Å². The van der Waals surface area contributed by atoms with Crippen LogP contribution in [-0.2, 0) is 6.54 Å². The molecule has 0 saturated carbocycles. The van der Waals surface area contributed by atoms with E-state index in [1.54, 1.807) is 0 Å². The monoisotopic (exact) mass is 247 g/mol. The predicted molar refractivity (Wildman–Crippen MR) is 73.0 cm³/mol. The summed E-state index contributed by atoms with van der Waals surface area (Å²) < 4.78 is 0. The maximum absolute atomic E-state index is 7.18. The van der Waals surface area contributed by atoms with E-state index in [4.69, 9.17) is 5.26 Å². The molecule has 0 atom stereocenters. The van der Waals surface area contributed by atoms with Gasteiger partial charge in [-0.3, -0.25) is 0 Å². The highest BCUT2D eigenvalue weighted by Crippen LogP contribution is 2.12. The van der Waals surface area contributed by atoms with E-state index < -0.39 is 0 Å². The quantitative estimate of drug-likeness (QED) is 0.658. The Hall–Kier alpha value is -1.44. The van der Waals surface area contributed by atoms with Crippen molar-refractivity contribution in [2.75, 3.05) is 13.1 Å². The Bertz CT molecular complexity index is 383. The van der Waals surface area contributed by atoms with Crippen LogP contribution in [0.4, 0.5) is 0 Å². The highest BCUT2D eigenvalue weighted by molar-refractivity contribution is 7.85. The normalized spacial score (nSPS) is 14.1. The van der Waals surface area contributed by atoms with Crippen molar-refractivity contribution < 1.29 is 0 Å². The van der Waals surface area contributed by atoms with Crippen LogP contribution in [0.3, 0.4) is 0 Å². The summed E-state index contributed by atoms with van der Waals surface area (Å²) in [4.78, 5) is 0. The molecule has 0 aromatic heterocycles. The van der Waals surface area contributed by atoms with Crippen molar-refractivity contribution in [3.05, 3.63) is 48.2 Å². The van der Waals surface area contributed by atoms with E-state index in [-0.39, 0.29) is 0 Å². The minimum atomic E-state index is 1.00. The minimum Gasteiger partial charge on any atom is -0.313 e. The Morgan fingerprint density at radius 1 is 1.35 bits per heavy atom. The highest BCUT2D eigenvalue weighted by atomic mass is 32.1. The summed E-state index contributed by atoms with van der Waals surface area (Å²) in [5, 5.41) is 13.2. The van der Waals surface area contributed by atoms with E-state index in [0.29, 0.717) is 0 Å². The zero-order valence-electron chi connectivity index (χ0n) is 9.95. The van der Waals surface area contributed by atoms with Crippen LogP contribution in [0.1, 0.15) is 12.5 Å². The molecule has 17 heavy (non-hydrogen) atoms. The molecule has 2 rings (SSSR count). The Labute approximate surface area is 108 Å². The van der Waals surface area contributed by atoms with Gasteiger partial charge in [-0.2, -0.15) is 5.26 Å². The molecule has 0 aliphatic carbocycles. The van der Waals surface area contributed by atoms with Gasteiger partial charge in [0.05, 0.1) is 0 Å². The molecule has 1 aromatic carbocycles. The summed E-state index contributed by atoms with van der Waals surface area (Å²) in [6.07, 6.45) is 4.36. The van der Waals surface area contributed by atoms with Crippen LogP contribution >= 0.6 is 12.6 Å². The number of thiol groups is 1. The van der Waals surface area contributed by atoms with Crippen LogP contribution in [-0.4, -0.2) is 23.1 Å². The number of hydrazine groups is 1. The van der Waals surface area contributed by atoms with Crippen molar-refractivity contribution in [3.63, 3.8) is 0 Å². The largest absolute Gasteiger partial charge is 0.313 e. The number of nitriles is 1.